The van der Waals surface area contributed by atoms with E-state index in [9.17, 15) is 9.18 Å². The first kappa shape index (κ1) is 25.3. The van der Waals surface area contributed by atoms with Crippen LogP contribution in [-0.2, 0) is 6.61 Å². The number of amides is 1. The number of hydrogen-bond acceptors (Lipinski definition) is 5. The zero-order chi connectivity index (χ0) is 26.6. The Kier molecular flexibility index (Phi) is 7.28. The van der Waals surface area contributed by atoms with Crippen LogP contribution in [0.2, 0.25) is 0 Å². The summed E-state index contributed by atoms with van der Waals surface area (Å²) in [6.07, 6.45) is 1.37. The number of carbonyl (C=O) groups excluding carboxylic acids is 1. The fourth-order valence-electron chi connectivity index (χ4n) is 3.97. The van der Waals surface area contributed by atoms with E-state index in [0.717, 1.165) is 17.1 Å². The zero-order valence-electron chi connectivity index (χ0n) is 20.6. The zero-order valence-corrected chi connectivity index (χ0v) is 22.2. The van der Waals surface area contributed by atoms with Crippen molar-refractivity contribution in [3.63, 3.8) is 0 Å². The number of carbonyl (C=O) groups is 1. The van der Waals surface area contributed by atoms with E-state index in [-0.39, 0.29) is 18.2 Å². The van der Waals surface area contributed by atoms with Crippen molar-refractivity contribution in [2.45, 2.75) is 20.5 Å². The molecule has 0 spiro atoms. The third-order valence-corrected chi connectivity index (χ3v) is 6.47. The highest BCUT2D eigenvalue weighted by atomic mass is 79.9. The highest BCUT2D eigenvalue weighted by Crippen LogP contribution is 2.30. The lowest BCUT2D eigenvalue weighted by Crippen LogP contribution is -2.16. The van der Waals surface area contributed by atoms with Gasteiger partial charge in [-0.25, -0.2) is 9.82 Å². The lowest BCUT2D eigenvalue weighted by molar-refractivity contribution is 0.0923. The molecule has 0 fully saturated rings. The van der Waals surface area contributed by atoms with E-state index >= 15 is 0 Å². The molecule has 38 heavy (non-hydrogen) atoms. The summed E-state index contributed by atoms with van der Waals surface area (Å²) in [6.45, 7) is 4.30. The van der Waals surface area contributed by atoms with E-state index in [1.807, 2.05) is 24.3 Å². The second-order valence-corrected chi connectivity index (χ2v) is 9.38. The Labute approximate surface area is 226 Å². The Bertz CT molecular complexity index is 1600. The van der Waals surface area contributed by atoms with Crippen LogP contribution < -0.4 is 10.2 Å². The third kappa shape index (κ3) is 5.63. The quantitative estimate of drug-likeness (QED) is 0.157. The lowest BCUT2D eigenvalue weighted by Gasteiger charge is -2.10. The van der Waals surface area contributed by atoms with Gasteiger partial charge in [0.2, 0.25) is 0 Å². The molecule has 0 aliphatic heterocycles. The second-order valence-electron chi connectivity index (χ2n) is 8.53. The summed E-state index contributed by atoms with van der Waals surface area (Å²) in [5.41, 5.74) is 6.48. The number of rotatable bonds is 8. The highest BCUT2D eigenvalue weighted by Gasteiger charge is 2.12. The Morgan fingerprint density at radius 2 is 1.76 bits per heavy atom. The van der Waals surface area contributed by atoms with Crippen molar-refractivity contribution in [2.75, 3.05) is 0 Å². The smallest absolute Gasteiger partial charge is 0.307 e. The van der Waals surface area contributed by atoms with Crippen LogP contribution in [0.3, 0.4) is 0 Å². The summed E-state index contributed by atoms with van der Waals surface area (Å²) >= 11 is 3.32. The van der Waals surface area contributed by atoms with Crippen molar-refractivity contribution in [2.24, 2.45) is 5.10 Å². The molecule has 9 heteroatoms. The Morgan fingerprint density at radius 1 is 1.00 bits per heavy atom. The number of hydrazone groups is 1. The standard InChI is InChI=1S/C29H23BrFN3O4/c1-18-3-4-19(2)34(18)21-6-8-22(9-7-21)36-17-24-11-14-28(38-24)29(35)33-32-16-23-10-13-27(37-23)25-12-5-20(31)15-26(25)30/h3-16H,17H2,1-2H3,(H,33,35)/b32-16+. The van der Waals surface area contributed by atoms with Gasteiger partial charge in [-0.15, -0.1) is 0 Å². The van der Waals surface area contributed by atoms with Crippen LogP contribution in [0.25, 0.3) is 17.0 Å². The van der Waals surface area contributed by atoms with Crippen LogP contribution in [0.15, 0.2) is 97.3 Å². The number of furan rings is 2. The minimum Gasteiger partial charge on any atom is -0.486 e. The summed E-state index contributed by atoms with van der Waals surface area (Å²) in [7, 11) is 0. The first-order chi connectivity index (χ1) is 18.4. The van der Waals surface area contributed by atoms with E-state index in [2.05, 4.69) is 57.0 Å². The Morgan fingerprint density at radius 3 is 2.50 bits per heavy atom. The molecular formula is C29H23BrFN3O4. The van der Waals surface area contributed by atoms with Crippen LogP contribution in [0.1, 0.15) is 33.5 Å². The van der Waals surface area contributed by atoms with Crippen molar-refractivity contribution in [1.82, 2.24) is 9.99 Å². The molecule has 0 saturated carbocycles. The summed E-state index contributed by atoms with van der Waals surface area (Å²) in [6, 6.07) is 22.9. The van der Waals surface area contributed by atoms with Crippen LogP contribution in [0.5, 0.6) is 5.75 Å². The average Bonchev–Trinajstić information content (AvgIpc) is 3.64. The SMILES string of the molecule is Cc1ccc(C)n1-c1ccc(OCc2ccc(C(=O)N/N=C/c3ccc(-c4ccc(F)cc4Br)o3)o2)cc1. The predicted octanol–water partition coefficient (Wildman–Crippen LogP) is 7.19. The molecule has 0 bridgehead atoms. The molecule has 5 aromatic rings. The third-order valence-electron chi connectivity index (χ3n) is 5.81. The van der Waals surface area contributed by atoms with E-state index in [0.29, 0.717) is 33.1 Å². The van der Waals surface area contributed by atoms with Crippen molar-refractivity contribution in [3.8, 4) is 22.8 Å². The number of hydrogen-bond donors (Lipinski definition) is 1. The molecule has 3 heterocycles. The highest BCUT2D eigenvalue weighted by molar-refractivity contribution is 9.10. The van der Waals surface area contributed by atoms with Crippen molar-refractivity contribution >= 4 is 28.1 Å². The number of nitrogens with one attached hydrogen (secondary N) is 1. The number of aryl methyl sites for hydroxylation is 2. The maximum absolute atomic E-state index is 13.3. The summed E-state index contributed by atoms with van der Waals surface area (Å²) in [5, 5.41) is 3.92. The maximum Gasteiger partial charge on any atom is 0.307 e. The molecule has 5 rings (SSSR count). The minimum atomic E-state index is -0.512. The monoisotopic (exact) mass is 575 g/mol. The molecule has 7 nitrogen and oxygen atoms in total. The molecule has 0 atom stereocenters. The predicted molar refractivity (Wildman–Crippen MR) is 145 cm³/mol. The van der Waals surface area contributed by atoms with Gasteiger partial charge in [0.05, 0.1) is 6.21 Å². The summed E-state index contributed by atoms with van der Waals surface area (Å²) in [5.74, 6) is 1.38. The van der Waals surface area contributed by atoms with Gasteiger partial charge in [0.25, 0.3) is 0 Å². The Hall–Kier alpha value is -4.37. The molecule has 1 amide bonds. The number of nitrogens with zero attached hydrogens (tertiary/aromatic N) is 2. The first-order valence-electron chi connectivity index (χ1n) is 11.7. The van der Waals surface area contributed by atoms with E-state index < -0.39 is 5.91 Å². The largest absolute Gasteiger partial charge is 0.486 e. The van der Waals surface area contributed by atoms with Gasteiger partial charge in [-0.2, -0.15) is 5.10 Å². The van der Waals surface area contributed by atoms with E-state index in [1.54, 1.807) is 30.3 Å². The van der Waals surface area contributed by atoms with Gasteiger partial charge in [-0.05, 0) is 109 Å². The number of aromatic nitrogens is 1. The molecule has 0 aliphatic carbocycles. The molecule has 0 saturated heterocycles. The van der Waals surface area contributed by atoms with Crippen LogP contribution >= 0.6 is 15.9 Å². The molecule has 1 N–H and O–H groups in total. The van der Waals surface area contributed by atoms with Gasteiger partial charge in [0.1, 0.15) is 35.5 Å². The van der Waals surface area contributed by atoms with Gasteiger partial charge < -0.3 is 18.1 Å². The molecular weight excluding hydrogens is 553 g/mol. The molecule has 2 aromatic carbocycles. The fraction of sp³-hybridized carbons (Fsp3) is 0.103. The van der Waals surface area contributed by atoms with Crippen LogP contribution in [0, 0.1) is 19.7 Å². The van der Waals surface area contributed by atoms with Crippen molar-refractivity contribution in [1.29, 1.82) is 0 Å². The second kappa shape index (κ2) is 10.9. The number of benzene rings is 2. The lowest BCUT2D eigenvalue weighted by atomic mass is 10.2. The molecule has 3 aromatic heterocycles. The van der Waals surface area contributed by atoms with Crippen molar-refractivity contribution in [3.05, 3.63) is 118 Å². The van der Waals surface area contributed by atoms with Gasteiger partial charge in [0.15, 0.2) is 5.76 Å². The van der Waals surface area contributed by atoms with Gasteiger partial charge in [-0.1, -0.05) is 0 Å². The molecule has 192 valence electrons. The van der Waals surface area contributed by atoms with Crippen LogP contribution in [-0.4, -0.2) is 16.7 Å². The molecule has 0 unspecified atom stereocenters. The van der Waals surface area contributed by atoms with Crippen molar-refractivity contribution < 1.29 is 22.8 Å². The fourth-order valence-corrected chi connectivity index (χ4v) is 4.51. The minimum absolute atomic E-state index is 0.102. The number of ether oxygens (including phenoxy) is 1. The number of halogens is 2. The molecule has 0 radical (unpaired) electrons. The topological polar surface area (TPSA) is 81.9 Å². The molecule has 0 aliphatic rings. The maximum atomic E-state index is 13.3. The Balaban J connectivity index is 1.14. The first-order valence-corrected chi connectivity index (χ1v) is 12.5. The van der Waals surface area contributed by atoms with E-state index in [4.69, 9.17) is 13.6 Å². The summed E-state index contributed by atoms with van der Waals surface area (Å²) < 4.78 is 33.2. The van der Waals surface area contributed by atoms with Gasteiger partial charge in [-0.3, -0.25) is 4.79 Å². The van der Waals surface area contributed by atoms with Gasteiger partial charge in [0, 0.05) is 27.1 Å². The van der Waals surface area contributed by atoms with Crippen LogP contribution in [0.4, 0.5) is 4.39 Å². The normalized spacial score (nSPS) is 11.3. The summed E-state index contributed by atoms with van der Waals surface area (Å²) in [4.78, 5) is 12.4. The van der Waals surface area contributed by atoms with E-state index in [1.165, 1.54) is 18.3 Å². The average molecular weight is 576 g/mol. The van der Waals surface area contributed by atoms with Gasteiger partial charge >= 0.3 is 5.91 Å².